The van der Waals surface area contributed by atoms with Gasteiger partial charge in [-0.3, -0.25) is 9.59 Å². The Morgan fingerprint density at radius 2 is 0.935 bits per heavy atom. The predicted octanol–water partition coefficient (Wildman–Crippen LogP) is 11.6. The second kappa shape index (κ2) is 37.1. The van der Waals surface area contributed by atoms with Crippen LogP contribution in [-0.2, 0) is 19.1 Å². The second-order valence-corrected chi connectivity index (χ2v) is 12.3. The first-order valence-electron chi connectivity index (χ1n) is 18.8. The number of hydrogen-bond donors (Lipinski definition) is 1. The molecular weight excluding hydrogens is 572 g/mol. The summed E-state index contributed by atoms with van der Waals surface area (Å²) in [7, 11) is 0. The number of carbonyl (C=O) groups is 2. The number of aliphatic hydroxyl groups is 1. The molecule has 0 rings (SSSR count). The van der Waals surface area contributed by atoms with E-state index < -0.39 is 6.10 Å². The molecular formula is C41H70O5. The first-order valence-corrected chi connectivity index (χ1v) is 18.8. The number of rotatable bonds is 33. The Kier molecular flexibility index (Phi) is 35.1. The van der Waals surface area contributed by atoms with Crippen molar-refractivity contribution in [3.05, 3.63) is 60.8 Å². The Labute approximate surface area is 283 Å². The van der Waals surface area contributed by atoms with Crippen molar-refractivity contribution in [2.24, 2.45) is 0 Å². The van der Waals surface area contributed by atoms with Crippen molar-refractivity contribution in [3.8, 4) is 0 Å². The Morgan fingerprint density at radius 1 is 0.522 bits per heavy atom. The van der Waals surface area contributed by atoms with Gasteiger partial charge in [0.05, 0.1) is 6.61 Å². The molecule has 1 atom stereocenters. The minimum Gasteiger partial charge on any atom is -0.462 e. The van der Waals surface area contributed by atoms with E-state index in [1.807, 2.05) is 0 Å². The summed E-state index contributed by atoms with van der Waals surface area (Å²) in [4.78, 5) is 24.2. The Morgan fingerprint density at radius 3 is 1.41 bits per heavy atom. The monoisotopic (exact) mass is 643 g/mol. The molecule has 0 saturated carbocycles. The molecule has 0 aliphatic rings. The number of allylic oxidation sites excluding steroid dienone is 10. The van der Waals surface area contributed by atoms with Gasteiger partial charge >= 0.3 is 11.9 Å². The average molecular weight is 643 g/mol. The van der Waals surface area contributed by atoms with Crippen LogP contribution in [0, 0.1) is 0 Å². The molecule has 0 aliphatic heterocycles. The van der Waals surface area contributed by atoms with Crippen LogP contribution in [0.25, 0.3) is 0 Å². The quantitative estimate of drug-likeness (QED) is 0.0438. The van der Waals surface area contributed by atoms with Crippen molar-refractivity contribution < 1.29 is 24.2 Å². The van der Waals surface area contributed by atoms with E-state index in [1.54, 1.807) is 0 Å². The van der Waals surface area contributed by atoms with Gasteiger partial charge in [-0.05, 0) is 77.0 Å². The van der Waals surface area contributed by atoms with E-state index in [0.29, 0.717) is 12.8 Å². The highest BCUT2D eigenvalue weighted by Crippen LogP contribution is 2.12. The van der Waals surface area contributed by atoms with Crippen LogP contribution in [0.5, 0.6) is 0 Å². The number of esters is 2. The Hall–Kier alpha value is -2.40. The summed E-state index contributed by atoms with van der Waals surface area (Å²) in [5.41, 5.74) is 0. The van der Waals surface area contributed by atoms with Gasteiger partial charge in [0.1, 0.15) is 6.61 Å². The smallest absolute Gasteiger partial charge is 0.306 e. The number of hydrogen-bond acceptors (Lipinski definition) is 5. The van der Waals surface area contributed by atoms with Crippen LogP contribution in [0.1, 0.15) is 168 Å². The SMILES string of the molecule is CC/C=C/C/C=C/C/C=C/CCCCCCCC(=O)O[C@@H](CO)COC(=O)CCCCCCCCC/C=C/C/C=C/CCCCC. The fraction of sp³-hybridized carbons (Fsp3) is 0.707. The van der Waals surface area contributed by atoms with Gasteiger partial charge in [0.2, 0.25) is 0 Å². The molecule has 5 heteroatoms. The second-order valence-electron chi connectivity index (χ2n) is 12.3. The lowest BCUT2D eigenvalue weighted by molar-refractivity contribution is -0.161. The zero-order valence-corrected chi connectivity index (χ0v) is 29.8. The van der Waals surface area contributed by atoms with Gasteiger partial charge in [-0.2, -0.15) is 0 Å². The van der Waals surface area contributed by atoms with Crippen molar-refractivity contribution in [3.63, 3.8) is 0 Å². The van der Waals surface area contributed by atoms with Crippen LogP contribution >= 0.6 is 0 Å². The summed E-state index contributed by atoms with van der Waals surface area (Å²) >= 11 is 0. The number of ether oxygens (including phenoxy) is 2. The maximum Gasteiger partial charge on any atom is 0.306 e. The summed E-state index contributed by atoms with van der Waals surface area (Å²) in [5.74, 6) is -0.624. The summed E-state index contributed by atoms with van der Waals surface area (Å²) in [6, 6.07) is 0. The molecule has 0 aromatic rings. The van der Waals surface area contributed by atoms with E-state index in [2.05, 4.69) is 74.6 Å². The van der Waals surface area contributed by atoms with E-state index in [4.69, 9.17) is 9.47 Å². The summed E-state index contributed by atoms with van der Waals surface area (Å²) in [5, 5.41) is 9.54. The highest BCUT2D eigenvalue weighted by Gasteiger charge is 2.16. The van der Waals surface area contributed by atoms with E-state index >= 15 is 0 Å². The maximum absolute atomic E-state index is 12.1. The lowest BCUT2D eigenvalue weighted by Gasteiger charge is -2.15. The number of aliphatic hydroxyl groups excluding tert-OH is 1. The average Bonchev–Trinajstić information content (AvgIpc) is 3.06. The first-order chi connectivity index (χ1) is 22.6. The van der Waals surface area contributed by atoms with Gasteiger partial charge in [-0.25, -0.2) is 0 Å². The first kappa shape index (κ1) is 43.6. The van der Waals surface area contributed by atoms with E-state index in [9.17, 15) is 14.7 Å². The molecule has 0 amide bonds. The topological polar surface area (TPSA) is 72.8 Å². The molecule has 0 spiro atoms. The van der Waals surface area contributed by atoms with Crippen molar-refractivity contribution in [1.82, 2.24) is 0 Å². The van der Waals surface area contributed by atoms with Crippen LogP contribution < -0.4 is 0 Å². The predicted molar refractivity (Wildman–Crippen MR) is 196 cm³/mol. The Bertz CT molecular complexity index is 823. The summed E-state index contributed by atoms with van der Waals surface area (Å²) < 4.78 is 10.6. The molecule has 0 heterocycles. The number of carbonyl (C=O) groups excluding carboxylic acids is 2. The standard InChI is InChI=1S/C41H70O5/c1-3-5-7-9-11-13-15-17-19-20-22-23-25-27-29-31-33-35-40(43)45-38-39(37-42)46-41(44)36-34-32-30-28-26-24-21-18-16-14-12-10-8-6-4-2/h6,8,11-14,17-19,21,39,42H,3-5,7,9-10,15-16,20,22-38H2,1-2H3/b8-6+,13-11+,14-12+,19-17+,21-18+/t39-/m0/s1. The van der Waals surface area contributed by atoms with Crippen molar-refractivity contribution in [1.29, 1.82) is 0 Å². The van der Waals surface area contributed by atoms with Crippen LogP contribution in [0.2, 0.25) is 0 Å². The fourth-order valence-electron chi connectivity index (χ4n) is 4.95. The largest absolute Gasteiger partial charge is 0.462 e. The summed E-state index contributed by atoms with van der Waals surface area (Å²) in [6.45, 7) is 3.96. The van der Waals surface area contributed by atoms with Crippen LogP contribution in [-0.4, -0.2) is 36.4 Å². The summed E-state index contributed by atoms with van der Waals surface area (Å²) in [6.07, 6.45) is 47.0. The van der Waals surface area contributed by atoms with Crippen molar-refractivity contribution in [2.45, 2.75) is 174 Å². The molecule has 0 aromatic carbocycles. The molecule has 0 saturated heterocycles. The maximum atomic E-state index is 12.1. The van der Waals surface area contributed by atoms with Crippen molar-refractivity contribution in [2.75, 3.05) is 13.2 Å². The van der Waals surface area contributed by atoms with Gasteiger partial charge in [-0.1, -0.05) is 139 Å². The zero-order valence-electron chi connectivity index (χ0n) is 29.8. The minimum absolute atomic E-state index is 0.0794. The minimum atomic E-state index is -0.784. The fourth-order valence-corrected chi connectivity index (χ4v) is 4.95. The molecule has 0 radical (unpaired) electrons. The van der Waals surface area contributed by atoms with Gasteiger partial charge in [0, 0.05) is 12.8 Å². The van der Waals surface area contributed by atoms with Crippen LogP contribution in [0.4, 0.5) is 0 Å². The molecule has 0 unspecified atom stereocenters. The van der Waals surface area contributed by atoms with Crippen LogP contribution in [0.3, 0.4) is 0 Å². The third-order valence-electron chi connectivity index (χ3n) is 7.80. The normalized spacial score (nSPS) is 12.8. The molecule has 0 bridgehead atoms. The van der Waals surface area contributed by atoms with Crippen LogP contribution in [0.15, 0.2) is 60.8 Å². The lowest BCUT2D eigenvalue weighted by atomic mass is 10.1. The van der Waals surface area contributed by atoms with Gasteiger partial charge in [0.25, 0.3) is 0 Å². The Balaban J connectivity index is 3.62. The molecule has 5 nitrogen and oxygen atoms in total. The van der Waals surface area contributed by atoms with E-state index in [1.165, 1.54) is 51.4 Å². The zero-order chi connectivity index (χ0) is 33.6. The molecule has 264 valence electrons. The molecule has 0 fully saturated rings. The molecule has 1 N–H and O–H groups in total. The van der Waals surface area contributed by atoms with Gasteiger partial charge in [0.15, 0.2) is 6.10 Å². The van der Waals surface area contributed by atoms with E-state index in [-0.39, 0.29) is 25.2 Å². The third-order valence-corrected chi connectivity index (χ3v) is 7.80. The highest BCUT2D eigenvalue weighted by molar-refractivity contribution is 5.70. The van der Waals surface area contributed by atoms with E-state index in [0.717, 1.165) is 89.9 Å². The van der Waals surface area contributed by atoms with Crippen molar-refractivity contribution >= 4 is 11.9 Å². The third kappa shape index (κ3) is 34.5. The molecule has 0 aromatic heterocycles. The highest BCUT2D eigenvalue weighted by atomic mass is 16.6. The van der Waals surface area contributed by atoms with Gasteiger partial charge < -0.3 is 14.6 Å². The molecule has 0 aliphatic carbocycles. The number of unbranched alkanes of at least 4 members (excludes halogenated alkanes) is 15. The molecule has 46 heavy (non-hydrogen) atoms. The lowest BCUT2D eigenvalue weighted by Crippen LogP contribution is -2.28. The van der Waals surface area contributed by atoms with Gasteiger partial charge in [-0.15, -0.1) is 0 Å².